The third-order valence-electron chi connectivity index (χ3n) is 3.54. The van der Waals surface area contributed by atoms with Crippen LogP contribution in [-0.4, -0.2) is 39.6 Å². The van der Waals surface area contributed by atoms with Gasteiger partial charge in [-0.05, 0) is 12.1 Å². The first-order valence-electron chi connectivity index (χ1n) is 6.66. The van der Waals surface area contributed by atoms with Gasteiger partial charge in [0.1, 0.15) is 5.82 Å². The SMILES string of the molecule is COC(=O)c1ccnc(N2Cc3cnn(CCO)c3C2)c1. The standard InChI is InChI=1S/C14H16N4O3/c1-21-14(20)10-2-3-15-13(6-10)17-8-11-7-16-18(4-5-19)12(11)9-17/h2-3,6-7,19H,4-5,8-9H2,1H3. The topological polar surface area (TPSA) is 80.5 Å². The van der Waals surface area contributed by atoms with Gasteiger partial charge < -0.3 is 14.7 Å². The van der Waals surface area contributed by atoms with Gasteiger partial charge in [-0.15, -0.1) is 0 Å². The number of hydrogen-bond donors (Lipinski definition) is 1. The molecule has 3 heterocycles. The van der Waals surface area contributed by atoms with E-state index in [2.05, 4.69) is 15.0 Å². The van der Waals surface area contributed by atoms with Gasteiger partial charge in [-0.1, -0.05) is 0 Å². The van der Waals surface area contributed by atoms with Crippen LogP contribution in [0, 0.1) is 0 Å². The molecule has 0 amide bonds. The van der Waals surface area contributed by atoms with Crippen LogP contribution in [-0.2, 0) is 24.4 Å². The maximum atomic E-state index is 11.6. The van der Waals surface area contributed by atoms with Crippen molar-refractivity contribution < 1.29 is 14.6 Å². The van der Waals surface area contributed by atoms with Gasteiger partial charge in [-0.3, -0.25) is 4.68 Å². The highest BCUT2D eigenvalue weighted by molar-refractivity contribution is 5.90. The second-order valence-corrected chi connectivity index (χ2v) is 4.81. The van der Waals surface area contributed by atoms with E-state index in [9.17, 15) is 4.79 Å². The molecule has 0 atom stereocenters. The third kappa shape index (κ3) is 2.47. The summed E-state index contributed by atoms with van der Waals surface area (Å²) in [5.74, 6) is 0.353. The molecule has 3 rings (SSSR count). The quantitative estimate of drug-likeness (QED) is 0.829. The van der Waals surface area contributed by atoms with Crippen molar-refractivity contribution in [3.8, 4) is 0 Å². The van der Waals surface area contributed by atoms with Gasteiger partial charge in [0.25, 0.3) is 0 Å². The summed E-state index contributed by atoms with van der Waals surface area (Å²) in [7, 11) is 1.36. The van der Waals surface area contributed by atoms with Gasteiger partial charge in [0.2, 0.25) is 0 Å². The molecule has 0 fully saturated rings. The van der Waals surface area contributed by atoms with E-state index in [1.165, 1.54) is 7.11 Å². The van der Waals surface area contributed by atoms with Gasteiger partial charge in [0, 0.05) is 18.3 Å². The number of anilines is 1. The van der Waals surface area contributed by atoms with Crippen LogP contribution in [0.4, 0.5) is 5.82 Å². The molecule has 0 aromatic carbocycles. The lowest BCUT2D eigenvalue weighted by molar-refractivity contribution is 0.0600. The molecular weight excluding hydrogens is 272 g/mol. The van der Waals surface area contributed by atoms with Crippen molar-refractivity contribution in [1.82, 2.24) is 14.8 Å². The van der Waals surface area contributed by atoms with Crippen LogP contribution in [0.5, 0.6) is 0 Å². The van der Waals surface area contributed by atoms with Crippen molar-refractivity contribution in [2.45, 2.75) is 19.6 Å². The van der Waals surface area contributed by atoms with Crippen molar-refractivity contribution >= 4 is 11.8 Å². The van der Waals surface area contributed by atoms with Crippen molar-refractivity contribution in [3.05, 3.63) is 41.3 Å². The first-order valence-corrected chi connectivity index (χ1v) is 6.66. The number of carbonyl (C=O) groups is 1. The first-order chi connectivity index (χ1) is 10.2. The number of methoxy groups -OCH3 is 1. The lowest BCUT2D eigenvalue weighted by Gasteiger charge is -2.17. The second-order valence-electron chi connectivity index (χ2n) is 4.81. The number of carbonyl (C=O) groups excluding carboxylic acids is 1. The van der Waals surface area contributed by atoms with E-state index >= 15 is 0 Å². The summed E-state index contributed by atoms with van der Waals surface area (Å²) < 4.78 is 6.53. The number of ether oxygens (including phenoxy) is 1. The highest BCUT2D eigenvalue weighted by Gasteiger charge is 2.24. The van der Waals surface area contributed by atoms with Crippen molar-refractivity contribution in [2.75, 3.05) is 18.6 Å². The minimum Gasteiger partial charge on any atom is -0.465 e. The van der Waals surface area contributed by atoms with E-state index in [1.54, 1.807) is 23.0 Å². The molecular formula is C14H16N4O3. The Morgan fingerprint density at radius 3 is 3.10 bits per heavy atom. The number of esters is 1. The van der Waals surface area contributed by atoms with Gasteiger partial charge in [0.15, 0.2) is 0 Å². The van der Waals surface area contributed by atoms with E-state index < -0.39 is 0 Å². The molecule has 2 aromatic heterocycles. The largest absolute Gasteiger partial charge is 0.465 e. The molecule has 0 radical (unpaired) electrons. The highest BCUT2D eigenvalue weighted by Crippen LogP contribution is 2.27. The Labute approximate surface area is 121 Å². The number of aliphatic hydroxyl groups excluding tert-OH is 1. The van der Waals surface area contributed by atoms with Gasteiger partial charge >= 0.3 is 5.97 Å². The molecule has 1 N–H and O–H groups in total. The zero-order valence-corrected chi connectivity index (χ0v) is 11.7. The molecule has 0 spiro atoms. The normalized spacial score (nSPS) is 13.3. The predicted octanol–water partition coefficient (Wildman–Crippen LogP) is 0.577. The second kappa shape index (κ2) is 5.53. The summed E-state index contributed by atoms with van der Waals surface area (Å²) in [6.07, 6.45) is 3.42. The van der Waals surface area contributed by atoms with Gasteiger partial charge in [-0.25, -0.2) is 9.78 Å². The summed E-state index contributed by atoms with van der Waals surface area (Å²) in [4.78, 5) is 18.0. The van der Waals surface area contributed by atoms with Crippen LogP contribution in [0.1, 0.15) is 21.6 Å². The molecule has 1 aliphatic heterocycles. The summed E-state index contributed by atoms with van der Waals surface area (Å²) in [6.45, 7) is 1.90. The molecule has 110 valence electrons. The van der Waals surface area contributed by atoms with Crippen molar-refractivity contribution in [2.24, 2.45) is 0 Å². The maximum Gasteiger partial charge on any atom is 0.338 e. The maximum absolute atomic E-state index is 11.6. The smallest absolute Gasteiger partial charge is 0.338 e. The van der Waals surface area contributed by atoms with E-state index in [0.29, 0.717) is 25.2 Å². The molecule has 1 aliphatic rings. The number of rotatable bonds is 4. The molecule has 21 heavy (non-hydrogen) atoms. The molecule has 0 unspecified atom stereocenters. The Balaban J connectivity index is 1.82. The first kappa shape index (κ1) is 13.6. The fraction of sp³-hybridized carbons (Fsp3) is 0.357. The fourth-order valence-corrected chi connectivity index (χ4v) is 2.49. The lowest BCUT2D eigenvalue weighted by atomic mass is 10.2. The molecule has 0 bridgehead atoms. The zero-order valence-electron chi connectivity index (χ0n) is 11.7. The minimum atomic E-state index is -0.373. The van der Waals surface area contributed by atoms with Crippen LogP contribution < -0.4 is 4.90 Å². The Bertz CT molecular complexity index is 668. The number of aliphatic hydroxyl groups is 1. The summed E-state index contributed by atoms with van der Waals surface area (Å²) in [6, 6.07) is 3.35. The Kier molecular flexibility index (Phi) is 3.57. The molecule has 0 saturated carbocycles. The van der Waals surface area contributed by atoms with E-state index in [1.807, 2.05) is 6.20 Å². The molecule has 7 nitrogen and oxygen atoms in total. The Hall–Kier alpha value is -2.41. The number of nitrogens with zero attached hydrogens (tertiary/aromatic N) is 4. The molecule has 0 aliphatic carbocycles. The molecule has 0 saturated heterocycles. The predicted molar refractivity (Wildman–Crippen MR) is 74.8 cm³/mol. The average molecular weight is 288 g/mol. The van der Waals surface area contributed by atoms with Gasteiger partial charge in [-0.2, -0.15) is 5.10 Å². The minimum absolute atomic E-state index is 0.0597. The highest BCUT2D eigenvalue weighted by atomic mass is 16.5. The Morgan fingerprint density at radius 1 is 1.48 bits per heavy atom. The zero-order chi connectivity index (χ0) is 14.8. The number of aromatic nitrogens is 3. The fourth-order valence-electron chi connectivity index (χ4n) is 2.49. The third-order valence-corrected chi connectivity index (χ3v) is 3.54. The van der Waals surface area contributed by atoms with Crippen LogP contribution in [0.25, 0.3) is 0 Å². The molecule has 2 aromatic rings. The van der Waals surface area contributed by atoms with Crippen LogP contribution in [0.2, 0.25) is 0 Å². The van der Waals surface area contributed by atoms with E-state index in [4.69, 9.17) is 9.84 Å². The lowest BCUT2D eigenvalue weighted by Crippen LogP contribution is -2.19. The number of pyridine rings is 1. The summed E-state index contributed by atoms with van der Waals surface area (Å²) in [5, 5.41) is 13.3. The number of hydrogen-bond acceptors (Lipinski definition) is 6. The van der Waals surface area contributed by atoms with Crippen molar-refractivity contribution in [3.63, 3.8) is 0 Å². The van der Waals surface area contributed by atoms with Crippen LogP contribution in [0.15, 0.2) is 24.5 Å². The average Bonchev–Trinajstić information content (AvgIpc) is 3.09. The van der Waals surface area contributed by atoms with Crippen molar-refractivity contribution in [1.29, 1.82) is 0 Å². The number of fused-ring (bicyclic) bond motifs is 1. The summed E-state index contributed by atoms with van der Waals surface area (Å²) in [5.41, 5.74) is 2.68. The molecule has 7 heteroatoms. The monoisotopic (exact) mass is 288 g/mol. The van der Waals surface area contributed by atoms with Gasteiger partial charge in [0.05, 0.1) is 44.3 Å². The van der Waals surface area contributed by atoms with E-state index in [-0.39, 0.29) is 12.6 Å². The Morgan fingerprint density at radius 2 is 2.33 bits per heavy atom. The van der Waals surface area contributed by atoms with E-state index in [0.717, 1.165) is 17.1 Å². The van der Waals surface area contributed by atoms with Crippen LogP contribution >= 0.6 is 0 Å². The summed E-state index contributed by atoms with van der Waals surface area (Å²) >= 11 is 0. The van der Waals surface area contributed by atoms with Crippen LogP contribution in [0.3, 0.4) is 0 Å².